The Morgan fingerprint density at radius 3 is 3.06 bits per heavy atom. The lowest BCUT2D eigenvalue weighted by Crippen LogP contribution is -2.26. The molecule has 0 aliphatic carbocycles. The lowest BCUT2D eigenvalue weighted by Gasteiger charge is -2.20. The van der Waals surface area contributed by atoms with Crippen LogP contribution in [0.4, 0.5) is 5.82 Å². The molecule has 1 aromatic heterocycles. The van der Waals surface area contributed by atoms with E-state index in [1.165, 1.54) is 5.56 Å². The zero-order valence-electron chi connectivity index (χ0n) is 9.84. The molecule has 5 nitrogen and oxygen atoms in total. The maximum absolute atomic E-state index is 5.12. The third-order valence-electron chi connectivity index (χ3n) is 2.64. The van der Waals surface area contributed by atoms with Crippen LogP contribution < -0.4 is 15.4 Å². The summed E-state index contributed by atoms with van der Waals surface area (Å²) in [5.41, 5.74) is 2.28. The van der Waals surface area contributed by atoms with E-state index in [1.54, 1.807) is 7.11 Å². The van der Waals surface area contributed by atoms with E-state index in [9.17, 15) is 0 Å². The first-order valence-electron chi connectivity index (χ1n) is 5.73. The van der Waals surface area contributed by atoms with E-state index >= 15 is 0 Å². The quantitative estimate of drug-likeness (QED) is 0.794. The van der Waals surface area contributed by atoms with Crippen LogP contribution in [0.5, 0.6) is 6.01 Å². The summed E-state index contributed by atoms with van der Waals surface area (Å²) >= 11 is 0. The van der Waals surface area contributed by atoms with Crippen molar-refractivity contribution < 1.29 is 4.74 Å². The molecule has 5 heteroatoms. The number of ether oxygens (including phenoxy) is 1. The van der Waals surface area contributed by atoms with Gasteiger partial charge in [-0.25, -0.2) is 0 Å². The van der Waals surface area contributed by atoms with Gasteiger partial charge in [-0.2, -0.15) is 9.97 Å². The minimum Gasteiger partial charge on any atom is -0.467 e. The van der Waals surface area contributed by atoms with Gasteiger partial charge in [0.1, 0.15) is 5.82 Å². The van der Waals surface area contributed by atoms with Gasteiger partial charge in [0.25, 0.3) is 0 Å². The number of anilines is 1. The second-order valence-electron chi connectivity index (χ2n) is 3.84. The van der Waals surface area contributed by atoms with Gasteiger partial charge in [0.2, 0.25) is 0 Å². The Morgan fingerprint density at radius 1 is 1.44 bits per heavy atom. The summed E-state index contributed by atoms with van der Waals surface area (Å²) < 4.78 is 5.12. The van der Waals surface area contributed by atoms with Crippen molar-refractivity contribution in [3.8, 4) is 6.01 Å². The Hall–Kier alpha value is -1.36. The van der Waals surface area contributed by atoms with Crippen molar-refractivity contribution in [2.75, 3.05) is 25.5 Å². The highest BCUT2D eigenvalue weighted by Crippen LogP contribution is 2.22. The normalized spacial score (nSPS) is 14.4. The van der Waals surface area contributed by atoms with Crippen molar-refractivity contribution in [2.45, 2.75) is 26.3 Å². The summed E-state index contributed by atoms with van der Waals surface area (Å²) in [6.45, 7) is 4.87. The largest absolute Gasteiger partial charge is 0.467 e. The van der Waals surface area contributed by atoms with Crippen LogP contribution in [0.15, 0.2) is 0 Å². The molecule has 0 fully saturated rings. The second-order valence-corrected chi connectivity index (χ2v) is 3.84. The number of hydrogen-bond donors (Lipinski definition) is 2. The molecule has 0 atom stereocenters. The lowest BCUT2D eigenvalue weighted by molar-refractivity contribution is 0.376. The summed E-state index contributed by atoms with van der Waals surface area (Å²) in [5, 5.41) is 6.66. The molecule has 2 heterocycles. The van der Waals surface area contributed by atoms with Crippen LogP contribution in [0.25, 0.3) is 0 Å². The fraction of sp³-hybridized carbons (Fsp3) is 0.636. The van der Waals surface area contributed by atoms with E-state index in [2.05, 4.69) is 27.5 Å². The smallest absolute Gasteiger partial charge is 0.318 e. The van der Waals surface area contributed by atoms with Gasteiger partial charge in [-0.3, -0.25) is 0 Å². The van der Waals surface area contributed by atoms with Gasteiger partial charge in [-0.1, -0.05) is 6.92 Å². The van der Waals surface area contributed by atoms with Gasteiger partial charge in [0.15, 0.2) is 0 Å². The van der Waals surface area contributed by atoms with E-state index in [0.29, 0.717) is 6.01 Å². The summed E-state index contributed by atoms with van der Waals surface area (Å²) in [7, 11) is 1.60. The van der Waals surface area contributed by atoms with Gasteiger partial charge in [-0.15, -0.1) is 0 Å². The minimum atomic E-state index is 0.458. The standard InChI is InChI=1S/C11H18N4O/c1-3-5-13-10-8-7-12-6-4-9(8)14-11(15-10)16-2/h12H,3-7H2,1-2H3,(H,13,14,15). The van der Waals surface area contributed by atoms with Crippen LogP contribution in [0.1, 0.15) is 24.6 Å². The average Bonchev–Trinajstić information content (AvgIpc) is 2.35. The Kier molecular flexibility index (Phi) is 3.56. The van der Waals surface area contributed by atoms with Crippen LogP contribution in [0, 0.1) is 0 Å². The van der Waals surface area contributed by atoms with Crippen molar-refractivity contribution in [1.29, 1.82) is 0 Å². The summed E-state index contributed by atoms with van der Waals surface area (Å²) in [4.78, 5) is 8.74. The molecule has 1 aromatic rings. The molecule has 0 radical (unpaired) electrons. The first-order valence-corrected chi connectivity index (χ1v) is 5.73. The average molecular weight is 222 g/mol. The topological polar surface area (TPSA) is 59.1 Å². The van der Waals surface area contributed by atoms with Gasteiger partial charge in [0, 0.05) is 31.6 Å². The monoisotopic (exact) mass is 222 g/mol. The highest BCUT2D eigenvalue weighted by molar-refractivity contribution is 5.48. The van der Waals surface area contributed by atoms with Gasteiger partial charge < -0.3 is 15.4 Å². The molecule has 16 heavy (non-hydrogen) atoms. The Balaban J connectivity index is 2.31. The molecule has 0 saturated carbocycles. The van der Waals surface area contributed by atoms with E-state index in [-0.39, 0.29) is 0 Å². The van der Waals surface area contributed by atoms with Gasteiger partial charge in [0.05, 0.1) is 12.8 Å². The molecule has 0 spiro atoms. The predicted molar refractivity (Wildman–Crippen MR) is 62.8 cm³/mol. The Bertz CT molecular complexity index is 367. The maximum Gasteiger partial charge on any atom is 0.318 e. The van der Waals surface area contributed by atoms with Crippen LogP contribution in [0.2, 0.25) is 0 Å². The van der Waals surface area contributed by atoms with E-state index < -0.39 is 0 Å². The van der Waals surface area contributed by atoms with Crippen molar-refractivity contribution >= 4 is 5.82 Å². The molecule has 0 bridgehead atoms. The molecule has 1 aliphatic heterocycles. The SMILES string of the molecule is CCCNc1nc(OC)nc2c1CNCC2. The van der Waals surface area contributed by atoms with Crippen molar-refractivity contribution in [2.24, 2.45) is 0 Å². The predicted octanol–water partition coefficient (Wildman–Crippen LogP) is 0.953. The summed E-state index contributed by atoms with van der Waals surface area (Å²) in [6.07, 6.45) is 2.02. The number of rotatable bonds is 4. The van der Waals surface area contributed by atoms with Crippen molar-refractivity contribution in [3.63, 3.8) is 0 Å². The third kappa shape index (κ3) is 2.24. The molecule has 0 unspecified atom stereocenters. The summed E-state index contributed by atoms with van der Waals surface area (Å²) in [6, 6.07) is 0.458. The van der Waals surface area contributed by atoms with E-state index in [0.717, 1.165) is 44.0 Å². The third-order valence-corrected chi connectivity index (χ3v) is 2.64. The zero-order chi connectivity index (χ0) is 11.4. The fourth-order valence-electron chi connectivity index (χ4n) is 1.80. The summed E-state index contributed by atoms with van der Waals surface area (Å²) in [5.74, 6) is 0.913. The first kappa shape index (κ1) is 11.1. The molecular formula is C11H18N4O. The highest BCUT2D eigenvalue weighted by atomic mass is 16.5. The highest BCUT2D eigenvalue weighted by Gasteiger charge is 2.17. The molecule has 1 aliphatic rings. The van der Waals surface area contributed by atoms with Gasteiger partial charge >= 0.3 is 6.01 Å². The number of nitrogens with one attached hydrogen (secondary N) is 2. The van der Waals surface area contributed by atoms with Crippen molar-refractivity contribution in [1.82, 2.24) is 15.3 Å². The zero-order valence-corrected chi connectivity index (χ0v) is 9.84. The molecule has 2 rings (SSSR count). The Labute approximate surface area is 95.6 Å². The molecule has 2 N–H and O–H groups in total. The van der Waals surface area contributed by atoms with Crippen molar-refractivity contribution in [3.05, 3.63) is 11.3 Å². The van der Waals surface area contributed by atoms with Crippen LogP contribution >= 0.6 is 0 Å². The van der Waals surface area contributed by atoms with Crippen LogP contribution in [0.3, 0.4) is 0 Å². The molecule has 0 saturated heterocycles. The molecule has 0 aromatic carbocycles. The Morgan fingerprint density at radius 2 is 2.31 bits per heavy atom. The lowest BCUT2D eigenvalue weighted by atomic mass is 10.1. The number of aromatic nitrogens is 2. The van der Waals surface area contributed by atoms with E-state index in [4.69, 9.17) is 4.74 Å². The number of hydrogen-bond acceptors (Lipinski definition) is 5. The fourth-order valence-corrected chi connectivity index (χ4v) is 1.80. The molecule has 0 amide bonds. The maximum atomic E-state index is 5.12. The number of methoxy groups -OCH3 is 1. The molecular weight excluding hydrogens is 204 g/mol. The molecule has 88 valence electrons. The number of fused-ring (bicyclic) bond motifs is 1. The first-order chi connectivity index (χ1) is 7.85. The van der Waals surface area contributed by atoms with Crippen LogP contribution in [-0.2, 0) is 13.0 Å². The van der Waals surface area contributed by atoms with E-state index in [1.807, 2.05) is 0 Å². The minimum absolute atomic E-state index is 0.458. The van der Waals surface area contributed by atoms with Gasteiger partial charge in [-0.05, 0) is 6.42 Å². The number of nitrogens with zero attached hydrogens (tertiary/aromatic N) is 2. The van der Waals surface area contributed by atoms with Crippen LogP contribution in [-0.4, -0.2) is 30.2 Å². The second kappa shape index (κ2) is 5.12.